The van der Waals surface area contributed by atoms with Crippen LogP contribution in [-0.2, 0) is 6.54 Å². The van der Waals surface area contributed by atoms with Crippen LogP contribution in [0.4, 0.5) is 5.13 Å². The van der Waals surface area contributed by atoms with E-state index in [0.717, 1.165) is 11.7 Å². The lowest BCUT2D eigenvalue weighted by molar-refractivity contribution is 0.206. The van der Waals surface area contributed by atoms with E-state index in [9.17, 15) is 0 Å². The highest BCUT2D eigenvalue weighted by Crippen LogP contribution is 2.27. The third kappa shape index (κ3) is 2.68. The lowest BCUT2D eigenvalue weighted by Gasteiger charge is -2.37. The minimum absolute atomic E-state index is 0.634. The maximum Gasteiger partial charge on any atom is 0.197 e. The second-order valence-electron chi connectivity index (χ2n) is 4.06. The van der Waals surface area contributed by atoms with Crippen LogP contribution in [0, 0.1) is 0 Å². The molecule has 1 aliphatic heterocycles. The van der Waals surface area contributed by atoms with Crippen molar-refractivity contribution in [3.63, 3.8) is 0 Å². The van der Waals surface area contributed by atoms with E-state index in [0.29, 0.717) is 11.3 Å². The summed E-state index contributed by atoms with van der Waals surface area (Å²) in [6.07, 6.45) is 1.92. The number of rotatable bonds is 3. The fourth-order valence-electron chi connectivity index (χ4n) is 1.87. The van der Waals surface area contributed by atoms with Gasteiger partial charge in [-0.2, -0.15) is 11.8 Å². The minimum atomic E-state index is 0.634. The largest absolute Gasteiger partial charge is 0.300 e. The first-order valence-corrected chi connectivity index (χ1v) is 7.34. The predicted molar refractivity (Wildman–Crippen MR) is 71.7 cm³/mol. The summed E-state index contributed by atoms with van der Waals surface area (Å²) in [5.74, 6) is 6.56. The zero-order valence-electron chi connectivity index (χ0n) is 9.64. The van der Waals surface area contributed by atoms with E-state index in [2.05, 4.69) is 40.9 Å². The number of aromatic nitrogens is 1. The fourth-order valence-corrected chi connectivity index (χ4v) is 3.78. The average Bonchev–Trinajstić information content (AvgIpc) is 2.73. The van der Waals surface area contributed by atoms with Crippen molar-refractivity contribution in [3.8, 4) is 0 Å². The average molecular weight is 258 g/mol. The number of nitrogen functional groups attached to an aromatic ring is 1. The van der Waals surface area contributed by atoms with Crippen LogP contribution < -0.4 is 11.3 Å². The van der Waals surface area contributed by atoms with Gasteiger partial charge >= 0.3 is 0 Å². The highest BCUT2D eigenvalue weighted by Gasteiger charge is 2.25. The van der Waals surface area contributed by atoms with Crippen molar-refractivity contribution >= 4 is 28.2 Å². The van der Waals surface area contributed by atoms with E-state index < -0.39 is 0 Å². The Morgan fingerprint density at radius 1 is 1.62 bits per heavy atom. The molecule has 90 valence electrons. The van der Waals surface area contributed by atoms with E-state index in [1.165, 1.54) is 17.2 Å². The van der Waals surface area contributed by atoms with Crippen molar-refractivity contribution in [2.75, 3.05) is 17.7 Å². The molecule has 0 radical (unpaired) electrons. The number of hydrogen-bond donors (Lipinski definition) is 2. The summed E-state index contributed by atoms with van der Waals surface area (Å²) in [4.78, 5) is 7.99. The summed E-state index contributed by atoms with van der Waals surface area (Å²) < 4.78 is 0. The maximum atomic E-state index is 5.33. The van der Waals surface area contributed by atoms with Gasteiger partial charge in [0.15, 0.2) is 5.13 Å². The molecule has 2 unspecified atom stereocenters. The molecule has 2 atom stereocenters. The summed E-state index contributed by atoms with van der Waals surface area (Å²) >= 11 is 3.70. The van der Waals surface area contributed by atoms with Crippen LogP contribution in [0.5, 0.6) is 0 Å². The van der Waals surface area contributed by atoms with Gasteiger partial charge in [-0.25, -0.2) is 10.8 Å². The molecule has 3 N–H and O–H groups in total. The second kappa shape index (κ2) is 5.35. The Balaban J connectivity index is 1.97. The SMILES string of the molecule is CC1SCCN(Cc2cnc(NN)s2)C1C. The van der Waals surface area contributed by atoms with Gasteiger partial charge in [0.25, 0.3) is 0 Å². The highest BCUT2D eigenvalue weighted by molar-refractivity contribution is 8.00. The predicted octanol–water partition coefficient (Wildman–Crippen LogP) is 1.75. The summed E-state index contributed by atoms with van der Waals surface area (Å²) in [6.45, 7) is 6.77. The summed E-state index contributed by atoms with van der Waals surface area (Å²) in [5.41, 5.74) is 2.59. The van der Waals surface area contributed by atoms with Gasteiger partial charge in [-0.05, 0) is 6.92 Å². The normalized spacial score (nSPS) is 26.9. The number of nitrogens with one attached hydrogen (secondary N) is 1. The molecular weight excluding hydrogens is 240 g/mol. The number of nitrogens with two attached hydrogens (primary N) is 1. The van der Waals surface area contributed by atoms with Gasteiger partial charge in [-0.15, -0.1) is 0 Å². The quantitative estimate of drug-likeness (QED) is 0.639. The Bertz CT molecular complexity index is 341. The van der Waals surface area contributed by atoms with Crippen LogP contribution in [0.25, 0.3) is 0 Å². The maximum absolute atomic E-state index is 5.33. The number of thiazole rings is 1. The zero-order chi connectivity index (χ0) is 11.5. The molecule has 0 aromatic carbocycles. The Morgan fingerprint density at radius 3 is 3.12 bits per heavy atom. The third-order valence-corrected chi connectivity index (χ3v) is 5.30. The van der Waals surface area contributed by atoms with E-state index in [1.807, 2.05) is 6.20 Å². The Labute approximate surface area is 105 Å². The topological polar surface area (TPSA) is 54.2 Å². The molecule has 16 heavy (non-hydrogen) atoms. The lowest BCUT2D eigenvalue weighted by Crippen LogP contribution is -2.43. The van der Waals surface area contributed by atoms with Crippen LogP contribution >= 0.6 is 23.1 Å². The first-order valence-electron chi connectivity index (χ1n) is 5.47. The first-order chi connectivity index (χ1) is 7.70. The van der Waals surface area contributed by atoms with Crippen molar-refractivity contribution in [3.05, 3.63) is 11.1 Å². The minimum Gasteiger partial charge on any atom is -0.300 e. The van der Waals surface area contributed by atoms with Crippen molar-refractivity contribution < 1.29 is 0 Å². The van der Waals surface area contributed by atoms with Crippen molar-refractivity contribution in [1.29, 1.82) is 0 Å². The van der Waals surface area contributed by atoms with Crippen molar-refractivity contribution in [2.45, 2.75) is 31.7 Å². The molecule has 4 nitrogen and oxygen atoms in total. The van der Waals surface area contributed by atoms with Crippen LogP contribution in [0.1, 0.15) is 18.7 Å². The van der Waals surface area contributed by atoms with E-state index in [4.69, 9.17) is 5.84 Å². The molecule has 0 aliphatic carbocycles. The molecule has 2 rings (SSSR count). The van der Waals surface area contributed by atoms with E-state index in [1.54, 1.807) is 11.3 Å². The van der Waals surface area contributed by atoms with Crippen molar-refractivity contribution in [2.24, 2.45) is 5.84 Å². The molecule has 2 heterocycles. The monoisotopic (exact) mass is 258 g/mol. The third-order valence-electron chi connectivity index (χ3n) is 3.05. The van der Waals surface area contributed by atoms with Crippen molar-refractivity contribution in [1.82, 2.24) is 9.88 Å². The molecule has 1 aromatic rings. The first kappa shape index (κ1) is 12.2. The molecule has 0 saturated carbocycles. The lowest BCUT2D eigenvalue weighted by atomic mass is 10.2. The smallest absolute Gasteiger partial charge is 0.197 e. The zero-order valence-corrected chi connectivity index (χ0v) is 11.3. The summed E-state index contributed by atoms with van der Waals surface area (Å²) in [6, 6.07) is 0.634. The van der Waals surface area contributed by atoms with Gasteiger partial charge < -0.3 is 0 Å². The number of hydrogen-bond acceptors (Lipinski definition) is 6. The van der Waals surface area contributed by atoms with Crippen LogP contribution in [0.2, 0.25) is 0 Å². The number of thioether (sulfide) groups is 1. The second-order valence-corrected chi connectivity index (χ2v) is 6.66. The molecule has 1 fully saturated rings. The fraction of sp³-hybridized carbons (Fsp3) is 0.700. The molecule has 6 heteroatoms. The molecule has 1 saturated heterocycles. The summed E-state index contributed by atoms with van der Waals surface area (Å²) in [7, 11) is 0. The number of anilines is 1. The number of nitrogens with zero attached hydrogens (tertiary/aromatic N) is 2. The Morgan fingerprint density at radius 2 is 2.44 bits per heavy atom. The van der Waals surface area contributed by atoms with Crippen LogP contribution in [-0.4, -0.2) is 33.5 Å². The van der Waals surface area contributed by atoms with Gasteiger partial charge in [0.2, 0.25) is 0 Å². The van der Waals surface area contributed by atoms with Gasteiger partial charge in [0.05, 0.1) is 0 Å². The molecule has 0 amide bonds. The molecule has 1 aliphatic rings. The number of hydrazine groups is 1. The van der Waals surface area contributed by atoms with E-state index >= 15 is 0 Å². The van der Waals surface area contributed by atoms with E-state index in [-0.39, 0.29) is 0 Å². The molecule has 0 bridgehead atoms. The molecule has 0 spiro atoms. The van der Waals surface area contributed by atoms with Crippen LogP contribution in [0.3, 0.4) is 0 Å². The van der Waals surface area contributed by atoms with Crippen LogP contribution in [0.15, 0.2) is 6.20 Å². The standard InChI is InChI=1S/C10H18N4S2/c1-7-8(2)15-4-3-14(7)6-9-5-12-10(13-11)16-9/h5,7-8H,3-4,6,11H2,1-2H3,(H,12,13). The van der Waals surface area contributed by atoms with Gasteiger partial charge in [-0.3, -0.25) is 10.3 Å². The molecule has 1 aromatic heterocycles. The Hall–Kier alpha value is -0.300. The van der Waals surface area contributed by atoms with Gasteiger partial charge in [0, 0.05) is 41.2 Å². The van der Waals surface area contributed by atoms with Gasteiger partial charge in [-0.1, -0.05) is 18.3 Å². The Kier molecular flexibility index (Phi) is 4.07. The highest BCUT2D eigenvalue weighted by atomic mass is 32.2. The molecular formula is C10H18N4S2. The summed E-state index contributed by atoms with van der Waals surface area (Å²) in [5, 5.41) is 1.51. The van der Waals surface area contributed by atoms with Gasteiger partial charge in [0.1, 0.15) is 0 Å².